The van der Waals surface area contributed by atoms with Gasteiger partial charge in [0, 0.05) is 17.6 Å². The van der Waals surface area contributed by atoms with Crippen LogP contribution in [0.5, 0.6) is 0 Å². The Kier molecular flexibility index (Phi) is 3.74. The molecule has 0 radical (unpaired) electrons. The SMILES string of the molecule is Cc1ccnc(SCc2cccc(Cl)n2)n1. The maximum atomic E-state index is 5.80. The largest absolute Gasteiger partial charge is 0.240 e. The Morgan fingerprint density at radius 3 is 2.88 bits per heavy atom. The molecule has 0 N–H and O–H groups in total. The van der Waals surface area contributed by atoms with Crippen molar-refractivity contribution in [2.45, 2.75) is 17.8 Å². The highest BCUT2D eigenvalue weighted by Crippen LogP contribution is 2.18. The number of aryl methyl sites for hydroxylation is 1. The first-order valence-corrected chi connectivity index (χ1v) is 6.14. The molecule has 0 atom stereocenters. The maximum Gasteiger partial charge on any atom is 0.188 e. The van der Waals surface area contributed by atoms with E-state index in [1.807, 2.05) is 25.1 Å². The van der Waals surface area contributed by atoms with Crippen LogP contribution in [0.25, 0.3) is 0 Å². The molecule has 0 unspecified atom stereocenters. The molecule has 0 aliphatic carbocycles. The van der Waals surface area contributed by atoms with Crippen molar-refractivity contribution in [3.63, 3.8) is 0 Å². The second-order valence-electron chi connectivity index (χ2n) is 3.22. The summed E-state index contributed by atoms with van der Waals surface area (Å²) in [7, 11) is 0. The van der Waals surface area contributed by atoms with Crippen molar-refractivity contribution in [3.05, 3.63) is 47.0 Å². The smallest absolute Gasteiger partial charge is 0.188 e. The van der Waals surface area contributed by atoms with Crippen molar-refractivity contribution in [3.8, 4) is 0 Å². The van der Waals surface area contributed by atoms with E-state index in [-0.39, 0.29) is 0 Å². The van der Waals surface area contributed by atoms with Crippen LogP contribution >= 0.6 is 23.4 Å². The van der Waals surface area contributed by atoms with Gasteiger partial charge in [-0.15, -0.1) is 0 Å². The van der Waals surface area contributed by atoms with Crippen LogP contribution in [-0.4, -0.2) is 15.0 Å². The molecular weight excluding hydrogens is 242 g/mol. The Hall–Kier alpha value is -1.13. The van der Waals surface area contributed by atoms with E-state index >= 15 is 0 Å². The molecule has 0 saturated carbocycles. The van der Waals surface area contributed by atoms with Crippen molar-refractivity contribution in [1.82, 2.24) is 15.0 Å². The molecule has 0 fully saturated rings. The van der Waals surface area contributed by atoms with Gasteiger partial charge in [-0.05, 0) is 25.1 Å². The summed E-state index contributed by atoms with van der Waals surface area (Å²) in [4.78, 5) is 12.7. The average molecular weight is 252 g/mol. The monoisotopic (exact) mass is 251 g/mol. The highest BCUT2D eigenvalue weighted by atomic mass is 35.5. The van der Waals surface area contributed by atoms with Crippen LogP contribution in [-0.2, 0) is 5.75 Å². The summed E-state index contributed by atoms with van der Waals surface area (Å²) in [6, 6.07) is 7.47. The highest BCUT2D eigenvalue weighted by molar-refractivity contribution is 7.98. The van der Waals surface area contributed by atoms with Gasteiger partial charge in [-0.1, -0.05) is 29.4 Å². The molecular formula is C11H10ClN3S. The number of nitrogens with zero attached hydrogens (tertiary/aromatic N) is 3. The number of hydrogen-bond donors (Lipinski definition) is 0. The quantitative estimate of drug-likeness (QED) is 0.477. The van der Waals surface area contributed by atoms with Crippen molar-refractivity contribution in [2.24, 2.45) is 0 Å². The van der Waals surface area contributed by atoms with Crippen LogP contribution in [0.2, 0.25) is 5.15 Å². The van der Waals surface area contributed by atoms with Crippen molar-refractivity contribution in [1.29, 1.82) is 0 Å². The normalized spacial score (nSPS) is 10.4. The number of aromatic nitrogens is 3. The third-order valence-corrected chi connectivity index (χ3v) is 3.00. The third-order valence-electron chi connectivity index (χ3n) is 1.89. The molecule has 0 aromatic carbocycles. The first kappa shape index (κ1) is 11.4. The number of halogens is 1. The van der Waals surface area contributed by atoms with Gasteiger partial charge in [0.15, 0.2) is 5.16 Å². The average Bonchev–Trinajstić information content (AvgIpc) is 2.27. The molecule has 0 bridgehead atoms. The lowest BCUT2D eigenvalue weighted by atomic mass is 10.4. The summed E-state index contributed by atoms with van der Waals surface area (Å²) in [5.41, 5.74) is 1.90. The molecule has 82 valence electrons. The minimum Gasteiger partial charge on any atom is -0.240 e. The van der Waals surface area contributed by atoms with Crippen molar-refractivity contribution >= 4 is 23.4 Å². The Morgan fingerprint density at radius 1 is 1.25 bits per heavy atom. The maximum absolute atomic E-state index is 5.80. The van der Waals surface area contributed by atoms with E-state index in [1.165, 1.54) is 0 Å². The van der Waals surface area contributed by atoms with E-state index in [0.29, 0.717) is 5.15 Å². The molecule has 2 heterocycles. The van der Waals surface area contributed by atoms with Gasteiger partial charge in [-0.25, -0.2) is 15.0 Å². The zero-order valence-electron chi connectivity index (χ0n) is 8.72. The fourth-order valence-electron chi connectivity index (χ4n) is 1.16. The Labute approximate surface area is 103 Å². The van der Waals surface area contributed by atoms with E-state index in [2.05, 4.69) is 15.0 Å². The van der Waals surface area contributed by atoms with Gasteiger partial charge in [0.2, 0.25) is 0 Å². The molecule has 0 aliphatic rings. The predicted octanol–water partition coefficient (Wildman–Crippen LogP) is 3.13. The van der Waals surface area contributed by atoms with Gasteiger partial charge >= 0.3 is 0 Å². The number of hydrogen-bond acceptors (Lipinski definition) is 4. The van der Waals surface area contributed by atoms with Gasteiger partial charge in [-0.3, -0.25) is 0 Å². The van der Waals surface area contributed by atoms with Gasteiger partial charge in [0.25, 0.3) is 0 Å². The van der Waals surface area contributed by atoms with Crippen LogP contribution in [0.3, 0.4) is 0 Å². The van der Waals surface area contributed by atoms with Crippen LogP contribution in [0.15, 0.2) is 35.6 Å². The Balaban J connectivity index is 2.02. The van der Waals surface area contributed by atoms with Gasteiger partial charge in [-0.2, -0.15) is 0 Å². The van der Waals surface area contributed by atoms with E-state index in [4.69, 9.17) is 11.6 Å². The summed E-state index contributed by atoms with van der Waals surface area (Å²) >= 11 is 7.35. The number of pyridine rings is 1. The molecule has 2 rings (SSSR count). The van der Waals surface area contributed by atoms with E-state index in [0.717, 1.165) is 22.3 Å². The van der Waals surface area contributed by atoms with E-state index < -0.39 is 0 Å². The van der Waals surface area contributed by atoms with Crippen LogP contribution in [0.4, 0.5) is 0 Å². The Bertz CT molecular complexity index is 445. The molecule has 2 aromatic heterocycles. The lowest BCUT2D eigenvalue weighted by Gasteiger charge is -2.00. The summed E-state index contributed by atoms with van der Waals surface area (Å²) in [5.74, 6) is 0.726. The standard InChI is InChI=1S/C11H10ClN3S/c1-8-5-6-13-11(14-8)16-7-9-3-2-4-10(12)15-9/h2-6H,7H2,1H3. The van der Waals surface area contributed by atoms with Gasteiger partial charge in [0.1, 0.15) is 5.15 Å². The Morgan fingerprint density at radius 2 is 2.12 bits per heavy atom. The fraction of sp³-hybridized carbons (Fsp3) is 0.182. The minimum atomic E-state index is 0.517. The number of thioether (sulfide) groups is 1. The second kappa shape index (κ2) is 5.27. The molecule has 0 saturated heterocycles. The molecule has 3 nitrogen and oxygen atoms in total. The molecule has 0 spiro atoms. The van der Waals surface area contributed by atoms with E-state index in [1.54, 1.807) is 24.0 Å². The zero-order chi connectivity index (χ0) is 11.4. The molecule has 5 heteroatoms. The van der Waals surface area contributed by atoms with Crippen LogP contribution in [0.1, 0.15) is 11.4 Å². The first-order chi connectivity index (χ1) is 7.74. The summed E-state index contributed by atoms with van der Waals surface area (Å²) in [6.07, 6.45) is 1.76. The lowest BCUT2D eigenvalue weighted by Crippen LogP contribution is -1.91. The molecule has 0 aliphatic heterocycles. The zero-order valence-corrected chi connectivity index (χ0v) is 10.3. The summed E-state index contributed by atoms with van der Waals surface area (Å²) in [5, 5.41) is 1.28. The first-order valence-electron chi connectivity index (χ1n) is 4.78. The molecule has 16 heavy (non-hydrogen) atoms. The second-order valence-corrected chi connectivity index (χ2v) is 4.55. The van der Waals surface area contributed by atoms with Crippen molar-refractivity contribution in [2.75, 3.05) is 0 Å². The lowest BCUT2D eigenvalue weighted by molar-refractivity contribution is 0.930. The topological polar surface area (TPSA) is 38.7 Å². The van der Waals surface area contributed by atoms with Gasteiger partial charge in [0.05, 0.1) is 5.69 Å². The summed E-state index contributed by atoms with van der Waals surface area (Å²) in [6.45, 7) is 1.95. The molecule has 0 amide bonds. The van der Waals surface area contributed by atoms with Crippen molar-refractivity contribution < 1.29 is 0 Å². The van der Waals surface area contributed by atoms with Crippen LogP contribution in [0, 0.1) is 6.92 Å². The number of rotatable bonds is 3. The predicted molar refractivity (Wildman–Crippen MR) is 65.6 cm³/mol. The molecule has 2 aromatic rings. The van der Waals surface area contributed by atoms with Gasteiger partial charge < -0.3 is 0 Å². The third kappa shape index (κ3) is 3.18. The minimum absolute atomic E-state index is 0.517. The summed E-state index contributed by atoms with van der Waals surface area (Å²) < 4.78 is 0. The van der Waals surface area contributed by atoms with E-state index in [9.17, 15) is 0 Å². The fourth-order valence-corrected chi connectivity index (χ4v) is 2.13. The van der Waals surface area contributed by atoms with Crippen LogP contribution < -0.4 is 0 Å². The highest BCUT2D eigenvalue weighted by Gasteiger charge is 2.00.